The number of nitrogens with zero attached hydrogens (tertiary/aromatic N) is 2. The molecule has 6 nitrogen and oxygen atoms in total. The number of rotatable bonds is 6. The summed E-state index contributed by atoms with van der Waals surface area (Å²) in [6, 6.07) is 8.84. The lowest BCUT2D eigenvalue weighted by molar-refractivity contribution is 0.102. The van der Waals surface area contributed by atoms with Gasteiger partial charge in [0.1, 0.15) is 11.4 Å². The molecule has 1 aromatic heterocycles. The van der Waals surface area contributed by atoms with E-state index in [0.717, 1.165) is 18.7 Å². The lowest BCUT2D eigenvalue weighted by Gasteiger charge is -2.09. The Morgan fingerprint density at radius 1 is 1.27 bits per heavy atom. The summed E-state index contributed by atoms with van der Waals surface area (Å²) in [6.07, 6.45) is 0.961. The molecule has 0 aliphatic carbocycles. The standard InChI is InChI=1S/C16H20N4O2/c1-4-8-17-16-18-11(2)9-14(20-16)15(21)19-12-6-5-7-13(10-12)22-3/h5-7,9-10H,4,8H2,1-3H3,(H,19,21)(H,17,18,20). The van der Waals surface area contributed by atoms with Gasteiger partial charge in [-0.1, -0.05) is 13.0 Å². The number of benzene rings is 1. The molecule has 0 unspecified atom stereocenters. The maximum absolute atomic E-state index is 12.3. The number of aromatic nitrogens is 2. The molecule has 0 saturated carbocycles. The van der Waals surface area contributed by atoms with E-state index >= 15 is 0 Å². The van der Waals surface area contributed by atoms with E-state index in [-0.39, 0.29) is 5.91 Å². The summed E-state index contributed by atoms with van der Waals surface area (Å²) >= 11 is 0. The first kappa shape index (κ1) is 15.8. The number of ether oxygens (including phenoxy) is 1. The van der Waals surface area contributed by atoms with Gasteiger partial charge < -0.3 is 15.4 Å². The van der Waals surface area contributed by atoms with E-state index in [0.29, 0.717) is 23.1 Å². The second-order valence-corrected chi connectivity index (χ2v) is 4.83. The molecular formula is C16H20N4O2. The number of carbonyl (C=O) groups is 1. The van der Waals surface area contributed by atoms with Crippen LogP contribution >= 0.6 is 0 Å². The average Bonchev–Trinajstić information content (AvgIpc) is 2.52. The van der Waals surface area contributed by atoms with Crippen molar-refractivity contribution in [3.63, 3.8) is 0 Å². The van der Waals surface area contributed by atoms with E-state index in [1.54, 1.807) is 25.3 Å². The highest BCUT2D eigenvalue weighted by Crippen LogP contribution is 2.17. The maximum atomic E-state index is 12.3. The first-order valence-electron chi connectivity index (χ1n) is 7.17. The fourth-order valence-electron chi connectivity index (χ4n) is 1.90. The second kappa shape index (κ2) is 7.40. The zero-order valence-corrected chi connectivity index (χ0v) is 13.0. The molecule has 0 radical (unpaired) electrons. The largest absolute Gasteiger partial charge is 0.497 e. The van der Waals surface area contributed by atoms with Crippen LogP contribution in [0.5, 0.6) is 5.75 Å². The summed E-state index contributed by atoms with van der Waals surface area (Å²) < 4.78 is 5.14. The van der Waals surface area contributed by atoms with Crippen LogP contribution in [0.4, 0.5) is 11.6 Å². The Balaban J connectivity index is 2.16. The van der Waals surface area contributed by atoms with Crippen molar-refractivity contribution in [2.75, 3.05) is 24.3 Å². The van der Waals surface area contributed by atoms with Crippen LogP contribution in [0.1, 0.15) is 29.5 Å². The van der Waals surface area contributed by atoms with Gasteiger partial charge in [-0.25, -0.2) is 9.97 Å². The van der Waals surface area contributed by atoms with Crippen LogP contribution in [0.25, 0.3) is 0 Å². The van der Waals surface area contributed by atoms with Crippen molar-refractivity contribution in [3.8, 4) is 5.75 Å². The van der Waals surface area contributed by atoms with E-state index in [9.17, 15) is 4.79 Å². The van der Waals surface area contributed by atoms with Gasteiger partial charge in [-0.3, -0.25) is 4.79 Å². The zero-order valence-electron chi connectivity index (χ0n) is 13.0. The molecule has 1 aromatic carbocycles. The Morgan fingerprint density at radius 3 is 2.82 bits per heavy atom. The molecule has 2 rings (SSSR count). The van der Waals surface area contributed by atoms with E-state index in [4.69, 9.17) is 4.74 Å². The monoisotopic (exact) mass is 300 g/mol. The minimum atomic E-state index is -0.279. The van der Waals surface area contributed by atoms with Gasteiger partial charge >= 0.3 is 0 Å². The molecule has 0 aliphatic heterocycles. The quantitative estimate of drug-likeness (QED) is 0.858. The predicted molar refractivity (Wildman–Crippen MR) is 86.5 cm³/mol. The summed E-state index contributed by atoms with van der Waals surface area (Å²) in [5.74, 6) is 0.873. The molecule has 0 aliphatic rings. The van der Waals surface area contributed by atoms with Crippen LogP contribution < -0.4 is 15.4 Å². The lowest BCUT2D eigenvalue weighted by Crippen LogP contribution is -2.16. The van der Waals surface area contributed by atoms with Gasteiger partial charge in [-0.2, -0.15) is 0 Å². The predicted octanol–water partition coefficient (Wildman–Crippen LogP) is 2.87. The minimum Gasteiger partial charge on any atom is -0.497 e. The highest BCUT2D eigenvalue weighted by molar-refractivity contribution is 6.03. The van der Waals surface area contributed by atoms with Crippen LogP contribution in [-0.4, -0.2) is 29.5 Å². The fraction of sp³-hybridized carbons (Fsp3) is 0.312. The summed E-state index contributed by atoms with van der Waals surface area (Å²) in [5.41, 5.74) is 1.72. The second-order valence-electron chi connectivity index (χ2n) is 4.83. The number of amides is 1. The van der Waals surface area contributed by atoms with Crippen LogP contribution in [-0.2, 0) is 0 Å². The van der Waals surface area contributed by atoms with Gasteiger partial charge in [0.15, 0.2) is 0 Å². The third kappa shape index (κ3) is 4.18. The molecule has 1 amide bonds. The van der Waals surface area contributed by atoms with Crippen LogP contribution in [0.15, 0.2) is 30.3 Å². The van der Waals surface area contributed by atoms with E-state index in [1.807, 2.05) is 19.1 Å². The number of hydrogen-bond acceptors (Lipinski definition) is 5. The number of carbonyl (C=O) groups excluding carboxylic acids is 1. The van der Waals surface area contributed by atoms with Crippen molar-refractivity contribution in [3.05, 3.63) is 41.7 Å². The third-order valence-corrected chi connectivity index (χ3v) is 2.95. The first-order valence-corrected chi connectivity index (χ1v) is 7.17. The molecule has 0 spiro atoms. The molecule has 6 heteroatoms. The molecule has 0 fully saturated rings. The van der Waals surface area contributed by atoms with Gasteiger partial charge in [0.25, 0.3) is 5.91 Å². The van der Waals surface area contributed by atoms with Gasteiger partial charge in [0, 0.05) is 24.0 Å². The number of anilines is 2. The molecule has 0 atom stereocenters. The molecular weight excluding hydrogens is 280 g/mol. The highest BCUT2D eigenvalue weighted by Gasteiger charge is 2.11. The molecule has 0 bridgehead atoms. The number of methoxy groups -OCH3 is 1. The summed E-state index contributed by atoms with van der Waals surface area (Å²) in [6.45, 7) is 4.65. The van der Waals surface area contributed by atoms with E-state index < -0.39 is 0 Å². The van der Waals surface area contributed by atoms with Crippen molar-refractivity contribution in [1.82, 2.24) is 9.97 Å². The topological polar surface area (TPSA) is 76.1 Å². The van der Waals surface area contributed by atoms with Gasteiger partial charge in [0.2, 0.25) is 5.95 Å². The number of nitrogens with one attached hydrogen (secondary N) is 2. The number of aryl methyl sites for hydroxylation is 1. The summed E-state index contributed by atoms with van der Waals surface area (Å²) in [4.78, 5) is 20.8. The van der Waals surface area contributed by atoms with Gasteiger partial charge in [-0.05, 0) is 31.5 Å². The fourth-order valence-corrected chi connectivity index (χ4v) is 1.90. The normalized spacial score (nSPS) is 10.1. The zero-order chi connectivity index (χ0) is 15.9. The molecule has 2 aromatic rings. The Bertz CT molecular complexity index is 658. The maximum Gasteiger partial charge on any atom is 0.274 e. The molecule has 2 N–H and O–H groups in total. The Hall–Kier alpha value is -2.63. The van der Waals surface area contributed by atoms with Crippen molar-refractivity contribution < 1.29 is 9.53 Å². The summed E-state index contributed by atoms with van der Waals surface area (Å²) in [7, 11) is 1.58. The Morgan fingerprint density at radius 2 is 2.09 bits per heavy atom. The van der Waals surface area contributed by atoms with E-state index in [2.05, 4.69) is 27.5 Å². The SMILES string of the molecule is CCCNc1nc(C)cc(C(=O)Nc2cccc(OC)c2)n1. The Kier molecular flexibility index (Phi) is 5.30. The molecule has 1 heterocycles. The van der Waals surface area contributed by atoms with E-state index in [1.165, 1.54) is 0 Å². The van der Waals surface area contributed by atoms with Crippen molar-refractivity contribution in [1.29, 1.82) is 0 Å². The third-order valence-electron chi connectivity index (χ3n) is 2.95. The van der Waals surface area contributed by atoms with Crippen molar-refractivity contribution >= 4 is 17.5 Å². The van der Waals surface area contributed by atoms with Gasteiger partial charge in [-0.15, -0.1) is 0 Å². The first-order chi connectivity index (χ1) is 10.6. The Labute approximate surface area is 129 Å². The van der Waals surface area contributed by atoms with Crippen molar-refractivity contribution in [2.45, 2.75) is 20.3 Å². The van der Waals surface area contributed by atoms with Crippen LogP contribution in [0.2, 0.25) is 0 Å². The number of hydrogen-bond donors (Lipinski definition) is 2. The van der Waals surface area contributed by atoms with Crippen molar-refractivity contribution in [2.24, 2.45) is 0 Å². The molecule has 116 valence electrons. The smallest absolute Gasteiger partial charge is 0.274 e. The highest BCUT2D eigenvalue weighted by atomic mass is 16.5. The average molecular weight is 300 g/mol. The summed E-state index contributed by atoms with van der Waals surface area (Å²) in [5, 5.41) is 5.90. The van der Waals surface area contributed by atoms with Crippen LogP contribution in [0, 0.1) is 6.92 Å². The minimum absolute atomic E-state index is 0.279. The lowest BCUT2D eigenvalue weighted by atomic mass is 10.2. The van der Waals surface area contributed by atoms with Gasteiger partial charge in [0.05, 0.1) is 7.11 Å². The molecule has 0 saturated heterocycles. The van der Waals surface area contributed by atoms with Crippen LogP contribution in [0.3, 0.4) is 0 Å². The molecule has 22 heavy (non-hydrogen) atoms.